The molecule has 2 fully saturated rings. The Morgan fingerprint density at radius 3 is 1.77 bits per heavy atom. The van der Waals surface area contributed by atoms with E-state index in [-0.39, 0.29) is 0 Å². The zero-order chi connectivity index (χ0) is 22.5. The van der Waals surface area contributed by atoms with Gasteiger partial charge >= 0.3 is 0 Å². The minimum atomic E-state index is 0.403. The minimum absolute atomic E-state index is 0.403. The second-order valence-electron chi connectivity index (χ2n) is 7.44. The van der Waals surface area contributed by atoms with Gasteiger partial charge in [0.15, 0.2) is 12.6 Å². The van der Waals surface area contributed by atoms with E-state index in [1.54, 1.807) is 18.3 Å². The van der Waals surface area contributed by atoms with Crippen LogP contribution in [0.2, 0.25) is 5.15 Å². The van der Waals surface area contributed by atoms with Gasteiger partial charge in [-0.3, -0.25) is 9.59 Å². The van der Waals surface area contributed by atoms with E-state index in [4.69, 9.17) is 11.6 Å². The fourth-order valence-corrected chi connectivity index (χ4v) is 3.04. The molecule has 0 unspecified atom stereocenters. The number of halogens is 1. The molecule has 0 bridgehead atoms. The van der Waals surface area contributed by atoms with Crippen LogP contribution in [0.15, 0.2) is 36.7 Å². The summed E-state index contributed by atoms with van der Waals surface area (Å²) >= 11 is 5.44. The van der Waals surface area contributed by atoms with Crippen molar-refractivity contribution in [3.05, 3.63) is 52.9 Å². The highest BCUT2D eigenvalue weighted by Gasteiger charge is 2.14. The van der Waals surface area contributed by atoms with Crippen LogP contribution in [-0.2, 0) is 0 Å². The molecule has 0 aromatic carbocycles. The molecular weight excluding hydrogens is 416 g/mol. The largest absolute Gasteiger partial charge is 0.354 e. The molecule has 0 radical (unpaired) electrons. The topological polar surface area (TPSA) is 81.7 Å². The summed E-state index contributed by atoms with van der Waals surface area (Å²) in [4.78, 5) is 35.3. The van der Waals surface area contributed by atoms with Crippen molar-refractivity contribution >= 4 is 30.0 Å². The fourth-order valence-electron chi connectivity index (χ4n) is 2.92. The molecule has 1 N–H and O–H groups in total. The van der Waals surface area contributed by atoms with E-state index >= 15 is 0 Å². The van der Waals surface area contributed by atoms with Gasteiger partial charge in [-0.2, -0.15) is 0 Å². The van der Waals surface area contributed by atoms with E-state index in [2.05, 4.69) is 44.1 Å². The predicted octanol–water partition coefficient (Wildman–Crippen LogP) is 1.71. The van der Waals surface area contributed by atoms with Crippen molar-refractivity contribution in [2.75, 3.05) is 71.4 Å². The van der Waals surface area contributed by atoms with Crippen LogP contribution in [-0.4, -0.2) is 98.8 Å². The molecule has 4 rings (SSSR count). The van der Waals surface area contributed by atoms with Crippen molar-refractivity contribution in [3.63, 3.8) is 0 Å². The number of aldehydes is 2. The van der Waals surface area contributed by atoms with Crippen molar-refractivity contribution in [1.82, 2.24) is 25.1 Å². The molecule has 9 heteroatoms. The molecule has 2 aromatic heterocycles. The van der Waals surface area contributed by atoms with E-state index < -0.39 is 0 Å². The van der Waals surface area contributed by atoms with Gasteiger partial charge in [-0.15, -0.1) is 0 Å². The summed E-state index contributed by atoms with van der Waals surface area (Å²) < 4.78 is 0. The monoisotopic (exact) mass is 446 g/mol. The summed E-state index contributed by atoms with van der Waals surface area (Å²) in [6.07, 6.45) is 4.60. The number of carbonyl (C=O) groups is 2. The van der Waals surface area contributed by atoms with E-state index in [9.17, 15) is 9.59 Å². The Bertz CT molecular complexity index is 774. The molecule has 2 aliphatic heterocycles. The van der Waals surface area contributed by atoms with Crippen LogP contribution < -0.4 is 10.2 Å². The quantitative estimate of drug-likeness (QED) is 0.563. The molecule has 2 aliphatic rings. The van der Waals surface area contributed by atoms with E-state index in [0.717, 1.165) is 57.7 Å². The maximum absolute atomic E-state index is 10.5. The second-order valence-corrected chi connectivity index (χ2v) is 7.83. The number of piperazine rings is 2. The number of hydrogen-bond acceptors (Lipinski definition) is 8. The number of anilines is 1. The van der Waals surface area contributed by atoms with Crippen molar-refractivity contribution in [1.29, 1.82) is 0 Å². The van der Waals surface area contributed by atoms with Crippen LogP contribution in [0.25, 0.3) is 0 Å². The van der Waals surface area contributed by atoms with E-state index in [1.807, 2.05) is 12.1 Å². The molecule has 2 saturated heterocycles. The number of hydrogen-bond donors (Lipinski definition) is 1. The standard InChI is InChI=1S/C11H15N3O.C6H4ClNO.C5H12N2/c1-13-4-6-14(7-5-13)11-3-2-10(9-15)8-12-11;7-6-2-1-5(4-9)3-8-6;1-7-4-2-6-3-5-7/h2-3,8-9H,4-7H2,1H3;1-4H;6H,2-5H2,1H3. The lowest BCUT2D eigenvalue weighted by atomic mass is 10.3. The summed E-state index contributed by atoms with van der Waals surface area (Å²) in [5.41, 5.74) is 1.17. The zero-order valence-electron chi connectivity index (χ0n) is 18.2. The fraction of sp³-hybridized carbons (Fsp3) is 0.455. The number of nitrogens with one attached hydrogen (secondary N) is 1. The summed E-state index contributed by atoms with van der Waals surface area (Å²) in [7, 11) is 4.28. The Morgan fingerprint density at radius 2 is 1.35 bits per heavy atom. The molecule has 31 heavy (non-hydrogen) atoms. The van der Waals surface area contributed by atoms with Gasteiger partial charge in [-0.1, -0.05) is 11.6 Å². The molecule has 168 valence electrons. The zero-order valence-corrected chi connectivity index (χ0v) is 19.0. The van der Waals surface area contributed by atoms with Gasteiger partial charge in [0.25, 0.3) is 0 Å². The molecule has 0 spiro atoms. The first kappa shape index (κ1) is 24.9. The Kier molecular flexibility index (Phi) is 11.1. The summed E-state index contributed by atoms with van der Waals surface area (Å²) in [6, 6.07) is 6.91. The smallest absolute Gasteiger partial charge is 0.151 e. The lowest BCUT2D eigenvalue weighted by molar-refractivity contribution is 0.111. The third-order valence-corrected chi connectivity index (χ3v) is 5.18. The highest BCUT2D eigenvalue weighted by molar-refractivity contribution is 6.29. The van der Waals surface area contributed by atoms with Crippen LogP contribution in [0.4, 0.5) is 5.82 Å². The molecule has 4 heterocycles. The summed E-state index contributed by atoms with van der Waals surface area (Å²) in [5, 5.41) is 3.68. The Hall–Kier alpha value is -2.39. The third-order valence-electron chi connectivity index (χ3n) is 4.96. The number of likely N-dealkylation sites (N-methyl/N-ethyl adjacent to an activating group) is 2. The molecule has 0 amide bonds. The number of rotatable bonds is 3. The molecule has 2 aromatic rings. The molecule has 8 nitrogen and oxygen atoms in total. The predicted molar refractivity (Wildman–Crippen MR) is 124 cm³/mol. The lowest BCUT2D eigenvalue weighted by Crippen LogP contribution is -2.44. The van der Waals surface area contributed by atoms with Crippen molar-refractivity contribution < 1.29 is 9.59 Å². The van der Waals surface area contributed by atoms with Crippen molar-refractivity contribution in [2.45, 2.75) is 0 Å². The maximum Gasteiger partial charge on any atom is 0.151 e. The van der Waals surface area contributed by atoms with Gasteiger partial charge < -0.3 is 20.0 Å². The highest BCUT2D eigenvalue weighted by Crippen LogP contribution is 2.12. The first-order valence-electron chi connectivity index (χ1n) is 10.3. The van der Waals surface area contributed by atoms with Crippen LogP contribution in [0, 0.1) is 0 Å². The Labute approximate surface area is 189 Å². The van der Waals surface area contributed by atoms with E-state index in [0.29, 0.717) is 16.3 Å². The van der Waals surface area contributed by atoms with Gasteiger partial charge in [0, 0.05) is 75.9 Å². The van der Waals surface area contributed by atoms with E-state index in [1.165, 1.54) is 19.3 Å². The lowest BCUT2D eigenvalue weighted by Gasteiger charge is -2.33. The van der Waals surface area contributed by atoms with Gasteiger partial charge in [-0.05, 0) is 38.4 Å². The number of pyridine rings is 2. The molecule has 0 atom stereocenters. The van der Waals surface area contributed by atoms with Gasteiger partial charge in [0.1, 0.15) is 11.0 Å². The molecular formula is C22H31ClN6O2. The average molecular weight is 447 g/mol. The minimum Gasteiger partial charge on any atom is -0.354 e. The number of carbonyl (C=O) groups excluding carboxylic acids is 2. The van der Waals surface area contributed by atoms with Gasteiger partial charge in [0.2, 0.25) is 0 Å². The summed E-state index contributed by atoms with van der Waals surface area (Å²) in [5.74, 6) is 0.966. The SMILES string of the molecule is CN1CCN(c2ccc(C=O)cn2)CC1.CN1CCNCC1.O=Cc1ccc(Cl)nc1. The maximum atomic E-state index is 10.5. The summed E-state index contributed by atoms with van der Waals surface area (Å²) in [6.45, 7) is 8.88. The average Bonchev–Trinajstić information content (AvgIpc) is 2.82. The normalized spacial score (nSPS) is 16.9. The van der Waals surface area contributed by atoms with Crippen LogP contribution in [0.3, 0.4) is 0 Å². The van der Waals surface area contributed by atoms with Crippen LogP contribution in [0.5, 0.6) is 0 Å². The first-order chi connectivity index (χ1) is 15.0. The highest BCUT2D eigenvalue weighted by atomic mass is 35.5. The Morgan fingerprint density at radius 1 is 0.806 bits per heavy atom. The molecule has 0 aliphatic carbocycles. The van der Waals surface area contributed by atoms with Gasteiger partial charge in [0.05, 0.1) is 0 Å². The number of aromatic nitrogens is 2. The van der Waals surface area contributed by atoms with Crippen molar-refractivity contribution in [3.8, 4) is 0 Å². The first-order valence-corrected chi connectivity index (χ1v) is 10.7. The third kappa shape index (κ3) is 9.52. The van der Waals surface area contributed by atoms with Gasteiger partial charge in [-0.25, -0.2) is 9.97 Å². The Balaban J connectivity index is 0.000000181. The van der Waals surface area contributed by atoms with Crippen LogP contribution >= 0.6 is 11.6 Å². The number of nitrogens with zero attached hydrogens (tertiary/aromatic N) is 5. The van der Waals surface area contributed by atoms with Crippen LogP contribution in [0.1, 0.15) is 20.7 Å². The molecule has 0 saturated carbocycles. The van der Waals surface area contributed by atoms with Crippen molar-refractivity contribution in [2.24, 2.45) is 0 Å². The second kappa shape index (κ2) is 13.8.